The van der Waals surface area contributed by atoms with Gasteiger partial charge >= 0.3 is 5.97 Å². The minimum absolute atomic E-state index is 0.550. The molecule has 0 radical (unpaired) electrons. The predicted octanol–water partition coefficient (Wildman–Crippen LogP) is 5.76. The van der Waals surface area contributed by atoms with Crippen molar-refractivity contribution >= 4 is 5.97 Å². The van der Waals surface area contributed by atoms with Crippen LogP contribution in [-0.2, 0) is 9.53 Å². The quantitative estimate of drug-likeness (QED) is 0.344. The van der Waals surface area contributed by atoms with Crippen LogP contribution in [-0.4, -0.2) is 24.3 Å². The van der Waals surface area contributed by atoms with Crippen molar-refractivity contribution in [1.82, 2.24) is 0 Å². The molecule has 24 heavy (non-hydrogen) atoms. The van der Waals surface area contributed by atoms with Gasteiger partial charge in [-0.25, -0.2) is 4.79 Å². The molecule has 0 heterocycles. The molecule has 3 heteroatoms. The number of carbonyl (C=O) groups is 1. The Bertz CT molecular complexity index is 387. The number of ether oxygens (including phenoxy) is 1. The standard InChI is InChI=1S/C21H36O3/c1-3-4-5-6-7-9-13-18-15-12-16-19(18)14-10-8-11-17-20(24-2)21(22)23/h8-10,13,18-20H,3-7,11-12,14-17H2,1-2H3,(H,22,23)/t18-,19-,20?/m0/s1. The van der Waals surface area contributed by atoms with Crippen LogP contribution in [0.25, 0.3) is 0 Å². The molecular formula is C21H36O3. The molecule has 138 valence electrons. The fraction of sp³-hybridized carbons (Fsp3) is 0.762. The maximum atomic E-state index is 10.9. The van der Waals surface area contributed by atoms with Crippen molar-refractivity contribution in [2.45, 2.75) is 83.7 Å². The van der Waals surface area contributed by atoms with E-state index < -0.39 is 12.1 Å². The zero-order valence-electron chi connectivity index (χ0n) is 15.6. The molecule has 3 nitrogen and oxygen atoms in total. The Morgan fingerprint density at radius 3 is 2.71 bits per heavy atom. The summed E-state index contributed by atoms with van der Waals surface area (Å²) in [5.74, 6) is 0.642. The fourth-order valence-corrected chi connectivity index (χ4v) is 3.55. The van der Waals surface area contributed by atoms with Crippen LogP contribution in [0.1, 0.15) is 77.6 Å². The molecule has 0 saturated heterocycles. The molecule has 0 amide bonds. The third-order valence-corrected chi connectivity index (χ3v) is 5.09. The highest BCUT2D eigenvalue weighted by Gasteiger charge is 2.23. The molecule has 0 aliphatic heterocycles. The lowest BCUT2D eigenvalue weighted by atomic mass is 9.92. The van der Waals surface area contributed by atoms with E-state index in [1.807, 2.05) is 0 Å². The van der Waals surface area contributed by atoms with E-state index in [2.05, 4.69) is 31.2 Å². The summed E-state index contributed by atoms with van der Waals surface area (Å²) in [6.07, 6.45) is 21.6. The summed E-state index contributed by atoms with van der Waals surface area (Å²) < 4.78 is 4.95. The van der Waals surface area contributed by atoms with E-state index >= 15 is 0 Å². The Hall–Kier alpha value is -1.09. The topological polar surface area (TPSA) is 46.5 Å². The summed E-state index contributed by atoms with van der Waals surface area (Å²) in [4.78, 5) is 10.9. The normalized spacial score (nSPS) is 22.6. The number of aliphatic carboxylic acids is 1. The van der Waals surface area contributed by atoms with Gasteiger partial charge in [0.25, 0.3) is 0 Å². The lowest BCUT2D eigenvalue weighted by Crippen LogP contribution is -2.21. The Morgan fingerprint density at radius 2 is 2.00 bits per heavy atom. The Kier molecular flexibility index (Phi) is 11.5. The van der Waals surface area contributed by atoms with Crippen molar-refractivity contribution in [2.75, 3.05) is 7.11 Å². The van der Waals surface area contributed by atoms with Gasteiger partial charge in [0, 0.05) is 7.11 Å². The number of carboxylic acid groups (broad SMARTS) is 1. The zero-order valence-corrected chi connectivity index (χ0v) is 15.6. The molecule has 0 aromatic rings. The molecule has 1 N–H and O–H groups in total. The largest absolute Gasteiger partial charge is 0.479 e. The predicted molar refractivity (Wildman–Crippen MR) is 100 cm³/mol. The molecule has 0 spiro atoms. The van der Waals surface area contributed by atoms with E-state index in [-0.39, 0.29) is 0 Å². The summed E-state index contributed by atoms with van der Waals surface area (Å²) >= 11 is 0. The van der Waals surface area contributed by atoms with Crippen LogP contribution in [0, 0.1) is 11.8 Å². The monoisotopic (exact) mass is 336 g/mol. The molecule has 1 aliphatic rings. The van der Waals surface area contributed by atoms with Crippen LogP contribution in [0.2, 0.25) is 0 Å². The van der Waals surface area contributed by atoms with E-state index in [9.17, 15) is 4.79 Å². The molecule has 0 aromatic carbocycles. The summed E-state index contributed by atoms with van der Waals surface area (Å²) in [6, 6.07) is 0. The van der Waals surface area contributed by atoms with Crippen LogP contribution in [0.4, 0.5) is 0 Å². The SMILES string of the molecule is CCCCCCC=C[C@H]1CCC[C@@H]1CC=CCCC(OC)C(=O)O. The highest BCUT2D eigenvalue weighted by atomic mass is 16.5. The van der Waals surface area contributed by atoms with Crippen molar-refractivity contribution in [2.24, 2.45) is 11.8 Å². The summed E-state index contributed by atoms with van der Waals surface area (Å²) in [6.45, 7) is 2.25. The second kappa shape index (κ2) is 13.2. The molecule has 1 aliphatic carbocycles. The Morgan fingerprint density at radius 1 is 1.17 bits per heavy atom. The number of rotatable bonds is 13. The summed E-state index contributed by atoms with van der Waals surface area (Å²) in [5.41, 5.74) is 0. The van der Waals surface area contributed by atoms with Crippen LogP contribution in [0.15, 0.2) is 24.3 Å². The maximum Gasteiger partial charge on any atom is 0.332 e. The Labute approximate surface area is 148 Å². The second-order valence-corrected chi connectivity index (χ2v) is 6.98. The number of hydrogen-bond acceptors (Lipinski definition) is 2. The minimum Gasteiger partial charge on any atom is -0.479 e. The van der Waals surface area contributed by atoms with Gasteiger partial charge in [-0.3, -0.25) is 0 Å². The van der Waals surface area contributed by atoms with E-state index in [1.54, 1.807) is 0 Å². The first-order valence-electron chi connectivity index (χ1n) is 9.76. The van der Waals surface area contributed by atoms with E-state index in [4.69, 9.17) is 9.84 Å². The van der Waals surface area contributed by atoms with Crippen molar-refractivity contribution in [3.63, 3.8) is 0 Å². The van der Waals surface area contributed by atoms with E-state index in [1.165, 1.54) is 58.5 Å². The van der Waals surface area contributed by atoms with Gasteiger partial charge in [-0.2, -0.15) is 0 Å². The van der Waals surface area contributed by atoms with Gasteiger partial charge < -0.3 is 9.84 Å². The molecular weight excluding hydrogens is 300 g/mol. The molecule has 3 atom stereocenters. The molecule has 0 aromatic heterocycles. The van der Waals surface area contributed by atoms with Gasteiger partial charge in [0.05, 0.1) is 0 Å². The van der Waals surface area contributed by atoms with Gasteiger partial charge in [-0.05, 0) is 56.8 Å². The van der Waals surface area contributed by atoms with Crippen molar-refractivity contribution < 1.29 is 14.6 Å². The zero-order chi connectivity index (χ0) is 17.6. The summed E-state index contributed by atoms with van der Waals surface area (Å²) in [5, 5.41) is 8.93. The van der Waals surface area contributed by atoms with Crippen LogP contribution in [0.3, 0.4) is 0 Å². The second-order valence-electron chi connectivity index (χ2n) is 6.98. The highest BCUT2D eigenvalue weighted by Crippen LogP contribution is 2.35. The molecule has 1 rings (SSSR count). The first-order chi connectivity index (χ1) is 11.7. The molecule has 1 fully saturated rings. The number of carboxylic acids is 1. The van der Waals surface area contributed by atoms with Gasteiger partial charge in [-0.15, -0.1) is 0 Å². The van der Waals surface area contributed by atoms with E-state index in [0.29, 0.717) is 6.42 Å². The third-order valence-electron chi connectivity index (χ3n) is 5.09. The van der Waals surface area contributed by atoms with Crippen LogP contribution >= 0.6 is 0 Å². The molecule has 1 unspecified atom stereocenters. The number of unbranched alkanes of at least 4 members (excludes halogenated alkanes) is 4. The summed E-state index contributed by atoms with van der Waals surface area (Å²) in [7, 11) is 1.46. The lowest BCUT2D eigenvalue weighted by molar-refractivity contribution is -0.148. The minimum atomic E-state index is -0.870. The van der Waals surface area contributed by atoms with Gasteiger partial charge in [0.1, 0.15) is 0 Å². The lowest BCUT2D eigenvalue weighted by Gasteiger charge is -2.14. The Balaban J connectivity index is 2.22. The van der Waals surface area contributed by atoms with Gasteiger partial charge in [0.15, 0.2) is 6.10 Å². The number of hydrogen-bond donors (Lipinski definition) is 1. The number of methoxy groups -OCH3 is 1. The van der Waals surface area contributed by atoms with Crippen molar-refractivity contribution in [1.29, 1.82) is 0 Å². The third kappa shape index (κ3) is 8.68. The van der Waals surface area contributed by atoms with Crippen LogP contribution in [0.5, 0.6) is 0 Å². The molecule has 1 saturated carbocycles. The van der Waals surface area contributed by atoms with Gasteiger partial charge in [0.2, 0.25) is 0 Å². The smallest absolute Gasteiger partial charge is 0.332 e. The average molecular weight is 337 g/mol. The molecule has 0 bridgehead atoms. The van der Waals surface area contributed by atoms with Crippen molar-refractivity contribution in [3.05, 3.63) is 24.3 Å². The van der Waals surface area contributed by atoms with Crippen LogP contribution < -0.4 is 0 Å². The maximum absolute atomic E-state index is 10.9. The number of allylic oxidation sites excluding steroid dienone is 4. The van der Waals surface area contributed by atoms with Crippen molar-refractivity contribution in [3.8, 4) is 0 Å². The average Bonchev–Trinajstić information content (AvgIpc) is 3.01. The van der Waals surface area contributed by atoms with Gasteiger partial charge in [-0.1, -0.05) is 56.9 Å². The fourth-order valence-electron chi connectivity index (χ4n) is 3.55. The highest BCUT2D eigenvalue weighted by molar-refractivity contribution is 5.72. The first kappa shape index (κ1) is 21.0. The van der Waals surface area contributed by atoms with E-state index in [0.717, 1.165) is 24.7 Å². The first-order valence-corrected chi connectivity index (χ1v) is 9.76.